The first-order valence-electron chi connectivity index (χ1n) is 5.59. The average Bonchev–Trinajstić information content (AvgIpc) is 3.05. The van der Waals surface area contributed by atoms with Gasteiger partial charge in [-0.05, 0) is 19.8 Å². The Morgan fingerprint density at radius 3 is 2.71 bits per heavy atom. The molecule has 1 aliphatic rings. The molecule has 2 rings (SSSR count). The summed E-state index contributed by atoms with van der Waals surface area (Å²) < 4.78 is 1.52. The Kier molecular flexibility index (Phi) is 3.28. The number of thioether (sulfide) groups is 1. The zero-order valence-corrected chi connectivity index (χ0v) is 11.1. The topological polar surface area (TPSA) is 77.0 Å². The molecule has 94 valence electrons. The van der Waals surface area contributed by atoms with Gasteiger partial charge in [-0.25, -0.2) is 4.68 Å². The van der Waals surface area contributed by atoms with Crippen molar-refractivity contribution >= 4 is 17.7 Å². The SMILES string of the molecule is C[C@@H](Sc1nnc(C2CC2)n1N)C(=O)N(C)C. The van der Waals surface area contributed by atoms with Gasteiger partial charge in [-0.1, -0.05) is 11.8 Å². The molecule has 17 heavy (non-hydrogen) atoms. The minimum absolute atomic E-state index is 0.0472. The molecular formula is C10H17N5OS. The molecule has 0 unspecified atom stereocenters. The van der Waals surface area contributed by atoms with Crippen LogP contribution in [0.5, 0.6) is 0 Å². The van der Waals surface area contributed by atoms with Gasteiger partial charge in [0.15, 0.2) is 5.82 Å². The van der Waals surface area contributed by atoms with Gasteiger partial charge in [-0.2, -0.15) is 0 Å². The Morgan fingerprint density at radius 2 is 2.18 bits per heavy atom. The quantitative estimate of drug-likeness (QED) is 0.624. The predicted octanol–water partition coefficient (Wildman–Crippen LogP) is 0.438. The maximum absolute atomic E-state index is 11.7. The Labute approximate surface area is 105 Å². The molecule has 0 saturated heterocycles. The number of carbonyl (C=O) groups excluding carboxylic acids is 1. The molecule has 0 aromatic carbocycles. The second-order valence-corrected chi connectivity index (χ2v) is 5.79. The zero-order valence-electron chi connectivity index (χ0n) is 10.3. The van der Waals surface area contributed by atoms with E-state index in [0.29, 0.717) is 11.1 Å². The summed E-state index contributed by atoms with van der Waals surface area (Å²) >= 11 is 1.35. The number of carbonyl (C=O) groups is 1. The van der Waals surface area contributed by atoms with Crippen LogP contribution in [-0.4, -0.2) is 45.0 Å². The van der Waals surface area contributed by atoms with Gasteiger partial charge in [-0.15, -0.1) is 10.2 Å². The lowest BCUT2D eigenvalue weighted by molar-refractivity contribution is -0.127. The van der Waals surface area contributed by atoms with Crippen LogP contribution in [0, 0.1) is 0 Å². The zero-order chi connectivity index (χ0) is 12.6. The largest absolute Gasteiger partial charge is 0.348 e. The molecule has 1 heterocycles. The van der Waals surface area contributed by atoms with Gasteiger partial charge in [-0.3, -0.25) is 4.79 Å². The fraction of sp³-hybridized carbons (Fsp3) is 0.700. The van der Waals surface area contributed by atoms with Crippen LogP contribution >= 0.6 is 11.8 Å². The molecule has 2 N–H and O–H groups in total. The highest BCUT2D eigenvalue weighted by Gasteiger charge is 2.30. The Balaban J connectivity index is 2.05. The molecule has 1 aromatic heterocycles. The molecule has 1 amide bonds. The van der Waals surface area contributed by atoms with Gasteiger partial charge < -0.3 is 10.7 Å². The maximum Gasteiger partial charge on any atom is 0.235 e. The van der Waals surface area contributed by atoms with Crippen molar-refractivity contribution in [3.63, 3.8) is 0 Å². The molecule has 1 aliphatic carbocycles. The first kappa shape index (κ1) is 12.2. The van der Waals surface area contributed by atoms with E-state index in [1.165, 1.54) is 16.4 Å². The lowest BCUT2D eigenvalue weighted by Gasteiger charge is -2.15. The minimum Gasteiger partial charge on any atom is -0.348 e. The molecule has 0 aliphatic heterocycles. The van der Waals surface area contributed by atoms with Crippen LogP contribution in [0.15, 0.2) is 5.16 Å². The van der Waals surface area contributed by atoms with Gasteiger partial charge in [0.05, 0.1) is 5.25 Å². The molecule has 0 spiro atoms. The molecule has 1 fully saturated rings. The van der Waals surface area contributed by atoms with Crippen molar-refractivity contribution in [2.24, 2.45) is 0 Å². The van der Waals surface area contributed by atoms with Crippen LogP contribution in [0.3, 0.4) is 0 Å². The van der Waals surface area contributed by atoms with Crippen LogP contribution in [0.1, 0.15) is 31.5 Å². The highest BCUT2D eigenvalue weighted by molar-refractivity contribution is 8.00. The van der Waals surface area contributed by atoms with Crippen LogP contribution in [0.4, 0.5) is 0 Å². The number of nitrogen functional groups attached to an aromatic ring is 1. The van der Waals surface area contributed by atoms with Crippen LogP contribution in [0.25, 0.3) is 0 Å². The summed E-state index contributed by atoms with van der Waals surface area (Å²) in [5.41, 5.74) is 0. The van der Waals surface area contributed by atoms with Crippen LogP contribution < -0.4 is 5.84 Å². The number of rotatable bonds is 4. The van der Waals surface area contributed by atoms with E-state index < -0.39 is 0 Å². The number of amides is 1. The molecule has 1 saturated carbocycles. The van der Waals surface area contributed by atoms with Gasteiger partial charge in [0.2, 0.25) is 11.1 Å². The fourth-order valence-electron chi connectivity index (χ4n) is 1.56. The van der Waals surface area contributed by atoms with E-state index in [1.54, 1.807) is 19.0 Å². The van der Waals surface area contributed by atoms with Crippen molar-refractivity contribution in [1.82, 2.24) is 19.8 Å². The number of hydrogen-bond acceptors (Lipinski definition) is 5. The summed E-state index contributed by atoms with van der Waals surface area (Å²) in [4.78, 5) is 13.3. The van der Waals surface area contributed by atoms with Crippen molar-refractivity contribution < 1.29 is 4.79 Å². The van der Waals surface area contributed by atoms with E-state index in [0.717, 1.165) is 18.7 Å². The van der Waals surface area contributed by atoms with E-state index in [-0.39, 0.29) is 11.2 Å². The molecule has 1 aromatic rings. The lowest BCUT2D eigenvalue weighted by Crippen LogP contribution is -2.30. The summed E-state index contributed by atoms with van der Waals surface area (Å²) in [6.07, 6.45) is 2.26. The fourth-order valence-corrected chi connectivity index (χ4v) is 2.48. The molecular weight excluding hydrogens is 238 g/mol. The molecule has 0 radical (unpaired) electrons. The van der Waals surface area contributed by atoms with Crippen molar-refractivity contribution in [3.05, 3.63) is 5.82 Å². The van der Waals surface area contributed by atoms with E-state index in [1.807, 2.05) is 6.92 Å². The normalized spacial score (nSPS) is 16.9. The number of aromatic nitrogens is 3. The van der Waals surface area contributed by atoms with Crippen LogP contribution in [-0.2, 0) is 4.79 Å². The molecule has 0 bridgehead atoms. The minimum atomic E-state index is -0.205. The summed E-state index contributed by atoms with van der Waals surface area (Å²) in [7, 11) is 3.48. The van der Waals surface area contributed by atoms with Crippen molar-refractivity contribution in [3.8, 4) is 0 Å². The lowest BCUT2D eigenvalue weighted by atomic mass is 10.4. The smallest absolute Gasteiger partial charge is 0.235 e. The maximum atomic E-state index is 11.7. The van der Waals surface area contributed by atoms with Crippen molar-refractivity contribution in [2.75, 3.05) is 19.9 Å². The van der Waals surface area contributed by atoms with E-state index in [2.05, 4.69) is 10.2 Å². The molecule has 6 nitrogen and oxygen atoms in total. The van der Waals surface area contributed by atoms with Gasteiger partial charge in [0.1, 0.15) is 0 Å². The van der Waals surface area contributed by atoms with Crippen LogP contribution in [0.2, 0.25) is 0 Å². The number of hydrogen-bond donors (Lipinski definition) is 1. The third-order valence-electron chi connectivity index (χ3n) is 2.70. The molecule has 1 atom stereocenters. The second kappa shape index (κ2) is 4.56. The van der Waals surface area contributed by atoms with Gasteiger partial charge in [0.25, 0.3) is 0 Å². The van der Waals surface area contributed by atoms with E-state index in [9.17, 15) is 4.79 Å². The Morgan fingerprint density at radius 1 is 1.53 bits per heavy atom. The summed E-state index contributed by atoms with van der Waals surface area (Å²) in [6, 6.07) is 0. The second-order valence-electron chi connectivity index (χ2n) is 4.48. The summed E-state index contributed by atoms with van der Waals surface area (Å²) in [5, 5.41) is 8.52. The standard InChI is InChI=1S/C10H17N5OS/c1-6(9(16)14(2)3)17-10-13-12-8(15(10)11)7-4-5-7/h6-7H,4-5,11H2,1-3H3/t6-/m1/s1. The average molecular weight is 255 g/mol. The third kappa shape index (κ3) is 2.54. The third-order valence-corrected chi connectivity index (χ3v) is 3.75. The first-order valence-corrected chi connectivity index (χ1v) is 6.47. The highest BCUT2D eigenvalue weighted by Crippen LogP contribution is 2.39. The van der Waals surface area contributed by atoms with Gasteiger partial charge >= 0.3 is 0 Å². The molecule has 7 heteroatoms. The summed E-state index contributed by atoms with van der Waals surface area (Å²) in [5.74, 6) is 7.25. The monoisotopic (exact) mass is 255 g/mol. The van der Waals surface area contributed by atoms with Crippen molar-refractivity contribution in [2.45, 2.75) is 36.1 Å². The first-order chi connectivity index (χ1) is 8.00. The Hall–Kier alpha value is -1.24. The number of nitrogens with zero attached hydrogens (tertiary/aromatic N) is 4. The van der Waals surface area contributed by atoms with Crippen molar-refractivity contribution in [1.29, 1.82) is 0 Å². The van der Waals surface area contributed by atoms with E-state index >= 15 is 0 Å². The highest BCUT2D eigenvalue weighted by atomic mass is 32.2. The summed E-state index contributed by atoms with van der Waals surface area (Å²) in [6.45, 7) is 1.85. The van der Waals surface area contributed by atoms with Gasteiger partial charge in [0, 0.05) is 20.0 Å². The van der Waals surface area contributed by atoms with E-state index in [4.69, 9.17) is 5.84 Å². The Bertz CT molecular complexity index is 426. The number of nitrogens with two attached hydrogens (primary N) is 1. The predicted molar refractivity (Wildman–Crippen MR) is 66.2 cm³/mol.